The van der Waals surface area contributed by atoms with Crippen molar-refractivity contribution in [2.45, 2.75) is 57.5 Å². The van der Waals surface area contributed by atoms with Crippen molar-refractivity contribution < 1.29 is 19.1 Å². The second-order valence-electron chi connectivity index (χ2n) is 8.35. The van der Waals surface area contributed by atoms with Gasteiger partial charge in [-0.3, -0.25) is 4.79 Å². The van der Waals surface area contributed by atoms with Crippen molar-refractivity contribution in [3.8, 4) is 0 Å². The Balaban J connectivity index is 1.53. The molecular formula is C25H26FIN2O3. The molecule has 3 aromatic rings. The lowest BCUT2D eigenvalue weighted by molar-refractivity contribution is -0.141. The van der Waals surface area contributed by atoms with Crippen LogP contribution in [0.4, 0.5) is 4.39 Å². The predicted octanol–water partition coefficient (Wildman–Crippen LogP) is 5.03. The number of carboxylic acids is 1. The first-order valence-electron chi connectivity index (χ1n) is 10.9. The summed E-state index contributed by atoms with van der Waals surface area (Å²) in [5.41, 5.74) is 3.78. The highest BCUT2D eigenvalue weighted by molar-refractivity contribution is 14.1. The van der Waals surface area contributed by atoms with Gasteiger partial charge < -0.3 is 15.0 Å². The molecule has 0 saturated heterocycles. The van der Waals surface area contributed by atoms with E-state index in [1.165, 1.54) is 12.1 Å². The Morgan fingerprint density at radius 1 is 1.25 bits per heavy atom. The summed E-state index contributed by atoms with van der Waals surface area (Å²) in [4.78, 5) is 24.5. The standard InChI is InChI=1S/C25H26FIN2O3/c1-2-21(25(31)32)29-22-10-6-16(26)13-19(22)20-14-18(9-11-23(20)29)28-24(30)12-5-15-3-7-17(27)8-4-15/h3-4,6-8,10,13,18,21H,2,5,9,11-12,14H2,1H3,(H,28,30)(H,31,32)/t18-,21?/m0/s1. The van der Waals surface area contributed by atoms with Crippen molar-refractivity contribution in [1.82, 2.24) is 9.88 Å². The predicted molar refractivity (Wildman–Crippen MR) is 130 cm³/mol. The van der Waals surface area contributed by atoms with Gasteiger partial charge in [-0.05, 0) is 96.2 Å². The molecule has 2 atom stereocenters. The maximum atomic E-state index is 14.1. The van der Waals surface area contributed by atoms with Crippen LogP contribution in [0, 0.1) is 9.39 Å². The number of hydrogen-bond donors (Lipinski definition) is 2. The number of carbonyl (C=O) groups excluding carboxylic acids is 1. The third-order valence-corrected chi connectivity index (χ3v) is 6.98. The van der Waals surface area contributed by atoms with E-state index >= 15 is 0 Å². The fraction of sp³-hybridized carbons (Fsp3) is 0.360. The molecule has 32 heavy (non-hydrogen) atoms. The van der Waals surface area contributed by atoms with E-state index in [0.717, 1.165) is 37.7 Å². The van der Waals surface area contributed by atoms with Crippen LogP contribution in [-0.2, 0) is 28.9 Å². The van der Waals surface area contributed by atoms with Crippen LogP contribution < -0.4 is 5.32 Å². The van der Waals surface area contributed by atoms with Gasteiger partial charge in [0.25, 0.3) is 0 Å². The third kappa shape index (κ3) is 4.67. The molecule has 0 radical (unpaired) electrons. The number of aromatic nitrogens is 1. The number of carboxylic acid groups (broad SMARTS) is 1. The normalized spacial score (nSPS) is 16.5. The van der Waals surface area contributed by atoms with Crippen molar-refractivity contribution in [2.75, 3.05) is 0 Å². The largest absolute Gasteiger partial charge is 0.480 e. The quantitative estimate of drug-likeness (QED) is 0.407. The number of nitrogens with one attached hydrogen (secondary N) is 1. The molecular weight excluding hydrogens is 522 g/mol. The smallest absolute Gasteiger partial charge is 0.326 e. The van der Waals surface area contributed by atoms with Gasteiger partial charge in [-0.2, -0.15) is 0 Å². The van der Waals surface area contributed by atoms with Gasteiger partial charge in [0.2, 0.25) is 5.91 Å². The summed E-state index contributed by atoms with van der Waals surface area (Å²) in [5, 5.41) is 13.6. The average Bonchev–Trinajstić information content (AvgIpc) is 3.07. The van der Waals surface area contributed by atoms with Gasteiger partial charge in [-0.15, -0.1) is 0 Å². The summed E-state index contributed by atoms with van der Waals surface area (Å²) in [7, 11) is 0. The minimum Gasteiger partial charge on any atom is -0.480 e. The molecule has 1 unspecified atom stereocenters. The summed E-state index contributed by atoms with van der Waals surface area (Å²) in [5.74, 6) is -1.23. The minimum atomic E-state index is -0.887. The molecule has 0 spiro atoms. The molecule has 0 aliphatic heterocycles. The zero-order valence-corrected chi connectivity index (χ0v) is 20.1. The number of fused-ring (bicyclic) bond motifs is 3. The van der Waals surface area contributed by atoms with Crippen LogP contribution in [0.3, 0.4) is 0 Å². The highest BCUT2D eigenvalue weighted by Crippen LogP contribution is 2.36. The number of benzene rings is 2. The van der Waals surface area contributed by atoms with Gasteiger partial charge >= 0.3 is 5.97 Å². The molecule has 0 bridgehead atoms. The lowest BCUT2D eigenvalue weighted by Crippen LogP contribution is -2.39. The molecule has 0 saturated carbocycles. The summed E-state index contributed by atoms with van der Waals surface area (Å²) in [6.07, 6.45) is 3.50. The van der Waals surface area contributed by atoms with Crippen molar-refractivity contribution >= 4 is 45.4 Å². The molecule has 2 aromatic carbocycles. The summed E-state index contributed by atoms with van der Waals surface area (Å²) < 4.78 is 17.1. The summed E-state index contributed by atoms with van der Waals surface area (Å²) >= 11 is 2.26. The molecule has 7 heteroatoms. The highest BCUT2D eigenvalue weighted by atomic mass is 127. The number of amides is 1. The number of nitrogens with zero attached hydrogens (tertiary/aromatic N) is 1. The second kappa shape index (κ2) is 9.60. The molecule has 168 valence electrons. The maximum absolute atomic E-state index is 14.1. The lowest BCUT2D eigenvalue weighted by Gasteiger charge is -2.26. The third-order valence-electron chi connectivity index (χ3n) is 6.27. The fourth-order valence-electron chi connectivity index (χ4n) is 4.72. The average molecular weight is 548 g/mol. The minimum absolute atomic E-state index is 0.00360. The van der Waals surface area contributed by atoms with Crippen LogP contribution in [0.15, 0.2) is 42.5 Å². The Morgan fingerprint density at radius 2 is 2.00 bits per heavy atom. The summed E-state index contributed by atoms with van der Waals surface area (Å²) in [6, 6.07) is 11.9. The van der Waals surface area contributed by atoms with E-state index < -0.39 is 12.0 Å². The van der Waals surface area contributed by atoms with E-state index in [1.54, 1.807) is 6.07 Å². The van der Waals surface area contributed by atoms with Crippen molar-refractivity contribution in [1.29, 1.82) is 0 Å². The van der Waals surface area contributed by atoms with Gasteiger partial charge in [-0.25, -0.2) is 9.18 Å². The Labute approximate surface area is 200 Å². The van der Waals surface area contributed by atoms with Crippen LogP contribution in [0.5, 0.6) is 0 Å². The number of aliphatic carboxylic acids is 1. The van der Waals surface area contributed by atoms with Gasteiger partial charge in [0.15, 0.2) is 0 Å². The number of carbonyl (C=O) groups is 2. The molecule has 0 fully saturated rings. The Bertz CT molecular complexity index is 1160. The highest BCUT2D eigenvalue weighted by Gasteiger charge is 2.30. The molecule has 1 heterocycles. The second-order valence-corrected chi connectivity index (χ2v) is 9.60. The maximum Gasteiger partial charge on any atom is 0.326 e. The van der Waals surface area contributed by atoms with Gasteiger partial charge in [0.05, 0.1) is 0 Å². The Hall–Kier alpha value is -2.42. The van der Waals surface area contributed by atoms with Crippen LogP contribution >= 0.6 is 22.6 Å². The van der Waals surface area contributed by atoms with Crippen molar-refractivity contribution in [3.05, 3.63) is 68.7 Å². The van der Waals surface area contributed by atoms with E-state index in [0.29, 0.717) is 32.1 Å². The summed E-state index contributed by atoms with van der Waals surface area (Å²) in [6.45, 7) is 1.85. The first-order chi connectivity index (χ1) is 15.4. The SMILES string of the molecule is CCC(C(=O)O)n1c2c(c3cc(F)ccc31)C[C@@H](NC(=O)CCc1ccc(I)cc1)CC2. The van der Waals surface area contributed by atoms with E-state index in [1.807, 2.05) is 35.8 Å². The van der Waals surface area contributed by atoms with Crippen LogP contribution in [0.1, 0.15) is 49.0 Å². The number of aryl methyl sites for hydroxylation is 1. The Morgan fingerprint density at radius 3 is 2.69 bits per heavy atom. The Kier molecular flexibility index (Phi) is 6.83. The molecule has 1 amide bonds. The zero-order valence-electron chi connectivity index (χ0n) is 17.9. The van der Waals surface area contributed by atoms with Crippen molar-refractivity contribution in [3.63, 3.8) is 0 Å². The number of halogens is 2. The van der Waals surface area contributed by atoms with E-state index in [2.05, 4.69) is 27.9 Å². The molecule has 1 aliphatic carbocycles. The number of rotatable bonds is 7. The van der Waals surface area contributed by atoms with E-state index in [-0.39, 0.29) is 17.8 Å². The number of hydrogen-bond acceptors (Lipinski definition) is 2. The van der Waals surface area contributed by atoms with Crippen molar-refractivity contribution in [2.24, 2.45) is 0 Å². The van der Waals surface area contributed by atoms with E-state index in [4.69, 9.17) is 0 Å². The monoisotopic (exact) mass is 548 g/mol. The molecule has 5 nitrogen and oxygen atoms in total. The lowest BCUT2D eigenvalue weighted by atomic mass is 9.91. The zero-order chi connectivity index (χ0) is 22.8. The van der Waals surface area contributed by atoms with Gasteiger partial charge in [-0.1, -0.05) is 19.1 Å². The molecule has 4 rings (SSSR count). The molecule has 2 N–H and O–H groups in total. The van der Waals surface area contributed by atoms with Gasteiger partial charge in [0, 0.05) is 32.6 Å². The first-order valence-corrected chi connectivity index (χ1v) is 12.0. The van der Waals surface area contributed by atoms with Gasteiger partial charge in [0.1, 0.15) is 11.9 Å². The van der Waals surface area contributed by atoms with Crippen LogP contribution in [-0.4, -0.2) is 27.6 Å². The van der Waals surface area contributed by atoms with Crippen LogP contribution in [0.25, 0.3) is 10.9 Å². The van der Waals surface area contributed by atoms with Crippen LogP contribution in [0.2, 0.25) is 0 Å². The topological polar surface area (TPSA) is 71.3 Å². The van der Waals surface area contributed by atoms with E-state index in [9.17, 15) is 19.1 Å². The molecule has 1 aromatic heterocycles. The molecule has 1 aliphatic rings. The first kappa shape index (κ1) is 22.8. The fourth-order valence-corrected chi connectivity index (χ4v) is 5.08.